The molecular formula is C19H23N3O. The van der Waals surface area contributed by atoms with Crippen molar-refractivity contribution in [2.75, 3.05) is 18.4 Å². The van der Waals surface area contributed by atoms with Gasteiger partial charge in [0.25, 0.3) is 0 Å². The molecule has 2 amide bonds. The zero-order valence-electron chi connectivity index (χ0n) is 13.5. The van der Waals surface area contributed by atoms with Crippen LogP contribution < -0.4 is 10.6 Å². The van der Waals surface area contributed by atoms with Gasteiger partial charge >= 0.3 is 6.03 Å². The second-order valence-corrected chi connectivity index (χ2v) is 6.89. The minimum Gasteiger partial charge on any atom is -0.334 e. The van der Waals surface area contributed by atoms with Crippen LogP contribution in [0.4, 0.5) is 10.5 Å². The quantitative estimate of drug-likeness (QED) is 0.912. The summed E-state index contributed by atoms with van der Waals surface area (Å²) < 4.78 is 0. The Morgan fingerprint density at radius 1 is 1.09 bits per heavy atom. The molecule has 0 radical (unpaired) electrons. The molecule has 2 N–H and O–H groups in total. The van der Waals surface area contributed by atoms with Crippen LogP contribution in [0.2, 0.25) is 0 Å². The first kappa shape index (κ1) is 14.5. The number of fused-ring (bicyclic) bond motifs is 1. The van der Waals surface area contributed by atoms with Gasteiger partial charge in [-0.2, -0.15) is 0 Å². The summed E-state index contributed by atoms with van der Waals surface area (Å²) in [5.41, 5.74) is 0.866. The number of nitrogens with zero attached hydrogens (tertiary/aromatic N) is 1. The van der Waals surface area contributed by atoms with Crippen LogP contribution in [0.15, 0.2) is 42.5 Å². The van der Waals surface area contributed by atoms with E-state index in [4.69, 9.17) is 0 Å². The summed E-state index contributed by atoms with van der Waals surface area (Å²) in [6.45, 7) is 4.31. The number of likely N-dealkylation sites (tertiary alicyclic amines) is 1. The highest BCUT2D eigenvalue weighted by Crippen LogP contribution is 2.31. The molecule has 1 saturated heterocycles. The van der Waals surface area contributed by atoms with Gasteiger partial charge in [-0.15, -0.1) is 0 Å². The lowest BCUT2D eigenvalue weighted by atomic mass is 10.1. The van der Waals surface area contributed by atoms with Crippen molar-refractivity contribution in [2.45, 2.75) is 31.8 Å². The SMILES string of the molecule is C[C@@H]1CN(C2CC2)C[C@H]1NC(=O)Nc1cccc2ccccc12. The lowest BCUT2D eigenvalue weighted by Crippen LogP contribution is -2.42. The van der Waals surface area contributed by atoms with Gasteiger partial charge in [0.1, 0.15) is 0 Å². The van der Waals surface area contributed by atoms with Gasteiger partial charge in [0.2, 0.25) is 0 Å². The van der Waals surface area contributed by atoms with E-state index in [1.165, 1.54) is 12.8 Å². The number of carbonyl (C=O) groups excluding carboxylic acids is 1. The molecule has 23 heavy (non-hydrogen) atoms. The number of urea groups is 1. The van der Waals surface area contributed by atoms with Gasteiger partial charge in [-0.3, -0.25) is 4.90 Å². The number of anilines is 1. The maximum atomic E-state index is 12.4. The Morgan fingerprint density at radius 3 is 2.70 bits per heavy atom. The number of nitrogens with one attached hydrogen (secondary N) is 2. The van der Waals surface area contributed by atoms with Crippen LogP contribution in [-0.4, -0.2) is 36.1 Å². The molecule has 2 aliphatic rings. The third-order valence-electron chi connectivity index (χ3n) is 5.06. The number of amides is 2. The fourth-order valence-corrected chi connectivity index (χ4v) is 3.59. The normalized spacial score (nSPS) is 24.7. The number of hydrogen-bond acceptors (Lipinski definition) is 2. The molecule has 2 aromatic carbocycles. The summed E-state index contributed by atoms with van der Waals surface area (Å²) in [7, 11) is 0. The van der Waals surface area contributed by atoms with Crippen LogP contribution >= 0.6 is 0 Å². The molecule has 1 aliphatic heterocycles. The summed E-state index contributed by atoms with van der Waals surface area (Å²) in [5, 5.41) is 8.40. The molecule has 4 heteroatoms. The van der Waals surface area contributed by atoms with Crippen molar-refractivity contribution in [2.24, 2.45) is 5.92 Å². The van der Waals surface area contributed by atoms with E-state index < -0.39 is 0 Å². The topological polar surface area (TPSA) is 44.4 Å². The van der Waals surface area contributed by atoms with Gasteiger partial charge < -0.3 is 10.6 Å². The van der Waals surface area contributed by atoms with Crippen LogP contribution in [0, 0.1) is 5.92 Å². The molecule has 1 saturated carbocycles. The lowest BCUT2D eigenvalue weighted by molar-refractivity contribution is 0.246. The zero-order valence-corrected chi connectivity index (χ0v) is 13.5. The molecule has 1 heterocycles. The molecule has 4 rings (SSSR count). The standard InChI is InChI=1S/C19H23N3O/c1-13-11-22(15-9-10-15)12-18(13)21-19(23)20-17-8-4-6-14-5-2-3-7-16(14)17/h2-8,13,15,18H,9-12H2,1H3,(H2,20,21,23)/t13-,18-/m1/s1. The molecule has 2 aromatic rings. The highest BCUT2D eigenvalue weighted by Gasteiger charge is 2.38. The second-order valence-electron chi connectivity index (χ2n) is 6.89. The third-order valence-corrected chi connectivity index (χ3v) is 5.06. The van der Waals surface area contributed by atoms with E-state index in [9.17, 15) is 4.79 Å². The first-order chi connectivity index (χ1) is 11.2. The largest absolute Gasteiger partial charge is 0.334 e. The van der Waals surface area contributed by atoms with Crippen molar-refractivity contribution in [3.05, 3.63) is 42.5 Å². The lowest BCUT2D eigenvalue weighted by Gasteiger charge is -2.18. The minimum atomic E-state index is -0.101. The minimum absolute atomic E-state index is 0.101. The van der Waals surface area contributed by atoms with Gasteiger partial charge in [-0.25, -0.2) is 4.79 Å². The van der Waals surface area contributed by atoms with Crippen molar-refractivity contribution >= 4 is 22.5 Å². The van der Waals surface area contributed by atoms with E-state index in [0.29, 0.717) is 5.92 Å². The molecule has 0 bridgehead atoms. The molecule has 120 valence electrons. The highest BCUT2D eigenvalue weighted by atomic mass is 16.2. The van der Waals surface area contributed by atoms with Crippen LogP contribution in [0.1, 0.15) is 19.8 Å². The zero-order chi connectivity index (χ0) is 15.8. The highest BCUT2D eigenvalue weighted by molar-refractivity contribution is 6.01. The molecule has 0 spiro atoms. The molecule has 0 aromatic heterocycles. The Balaban J connectivity index is 1.43. The molecule has 2 fully saturated rings. The Bertz CT molecular complexity index is 720. The molecule has 2 atom stereocenters. The number of carbonyl (C=O) groups is 1. The number of benzene rings is 2. The molecule has 0 unspecified atom stereocenters. The predicted octanol–water partition coefficient (Wildman–Crippen LogP) is 3.44. The second kappa shape index (κ2) is 5.85. The maximum Gasteiger partial charge on any atom is 0.319 e. The van der Waals surface area contributed by atoms with E-state index in [0.717, 1.165) is 35.6 Å². The Labute approximate surface area is 136 Å². The van der Waals surface area contributed by atoms with E-state index in [-0.39, 0.29) is 12.1 Å². The first-order valence-corrected chi connectivity index (χ1v) is 8.50. The van der Waals surface area contributed by atoms with E-state index in [1.54, 1.807) is 0 Å². The van der Waals surface area contributed by atoms with Gasteiger partial charge in [-0.1, -0.05) is 43.3 Å². The van der Waals surface area contributed by atoms with Crippen molar-refractivity contribution in [3.63, 3.8) is 0 Å². The summed E-state index contributed by atoms with van der Waals surface area (Å²) in [4.78, 5) is 14.9. The predicted molar refractivity (Wildman–Crippen MR) is 93.6 cm³/mol. The summed E-state index contributed by atoms with van der Waals surface area (Å²) in [5.74, 6) is 0.508. The van der Waals surface area contributed by atoms with Gasteiger partial charge in [0.05, 0.1) is 5.69 Å². The van der Waals surface area contributed by atoms with Gasteiger partial charge in [0, 0.05) is 30.6 Å². The summed E-state index contributed by atoms with van der Waals surface area (Å²) in [6, 6.07) is 15.0. The fourth-order valence-electron chi connectivity index (χ4n) is 3.59. The summed E-state index contributed by atoms with van der Waals surface area (Å²) >= 11 is 0. The Kier molecular flexibility index (Phi) is 3.69. The van der Waals surface area contributed by atoms with Crippen LogP contribution in [0.3, 0.4) is 0 Å². The van der Waals surface area contributed by atoms with E-state index >= 15 is 0 Å². The van der Waals surface area contributed by atoms with Gasteiger partial charge in [-0.05, 0) is 30.2 Å². The first-order valence-electron chi connectivity index (χ1n) is 8.50. The molecule has 4 nitrogen and oxygen atoms in total. The average Bonchev–Trinajstić information content (AvgIpc) is 3.33. The number of rotatable bonds is 3. The maximum absolute atomic E-state index is 12.4. The van der Waals surface area contributed by atoms with E-state index in [1.807, 2.05) is 30.3 Å². The fraction of sp³-hybridized carbons (Fsp3) is 0.421. The summed E-state index contributed by atoms with van der Waals surface area (Å²) in [6.07, 6.45) is 2.64. The smallest absolute Gasteiger partial charge is 0.319 e. The van der Waals surface area contributed by atoms with Crippen LogP contribution in [-0.2, 0) is 0 Å². The Hall–Kier alpha value is -2.07. The van der Waals surface area contributed by atoms with Crippen LogP contribution in [0.5, 0.6) is 0 Å². The number of hydrogen-bond donors (Lipinski definition) is 2. The van der Waals surface area contributed by atoms with Crippen molar-refractivity contribution < 1.29 is 4.79 Å². The third kappa shape index (κ3) is 3.04. The monoisotopic (exact) mass is 309 g/mol. The molecular weight excluding hydrogens is 286 g/mol. The van der Waals surface area contributed by atoms with Gasteiger partial charge in [0.15, 0.2) is 0 Å². The van der Waals surface area contributed by atoms with Crippen molar-refractivity contribution in [1.82, 2.24) is 10.2 Å². The molecule has 1 aliphatic carbocycles. The van der Waals surface area contributed by atoms with Crippen LogP contribution in [0.25, 0.3) is 10.8 Å². The Morgan fingerprint density at radius 2 is 1.87 bits per heavy atom. The average molecular weight is 309 g/mol. The van der Waals surface area contributed by atoms with Crippen molar-refractivity contribution in [1.29, 1.82) is 0 Å². The van der Waals surface area contributed by atoms with Crippen molar-refractivity contribution in [3.8, 4) is 0 Å². The van der Waals surface area contributed by atoms with E-state index in [2.05, 4.69) is 34.6 Å².